The molecule has 0 radical (unpaired) electrons. The zero-order valence-corrected chi connectivity index (χ0v) is 16.9. The molecule has 27 heavy (non-hydrogen) atoms. The molecule has 0 aliphatic carbocycles. The van der Waals surface area contributed by atoms with Gasteiger partial charge in [-0.2, -0.15) is 0 Å². The van der Waals surface area contributed by atoms with Gasteiger partial charge in [-0.15, -0.1) is 5.06 Å². The summed E-state index contributed by atoms with van der Waals surface area (Å²) in [6.45, 7) is 2.93. The quantitative estimate of drug-likeness (QED) is 0.433. The number of carbonyl (C=O) groups is 6. The first kappa shape index (κ1) is 25.1. The number of amides is 2. The zero-order valence-electron chi connectivity index (χ0n) is 15.2. The minimum absolute atomic E-state index is 0.0109. The number of carboxylic acids is 1. The summed E-state index contributed by atoms with van der Waals surface area (Å²) in [5.74, 6) is -1.27. The summed E-state index contributed by atoms with van der Waals surface area (Å²) in [6.07, 6.45) is 1.45. The van der Waals surface area contributed by atoms with Gasteiger partial charge < -0.3 is 9.94 Å². The fourth-order valence-electron chi connectivity index (χ4n) is 1.68. The molecule has 0 saturated carbocycles. The number of carboxylic acid groups (broad SMARTS) is 1. The second kappa shape index (κ2) is 14.2. The predicted octanol–water partition coefficient (Wildman–Crippen LogP) is 1.78. The molecule has 2 amide bonds. The van der Waals surface area contributed by atoms with Gasteiger partial charge >= 0.3 is 11.9 Å². The SMILES string of the molecule is CC(=O)SCCCC(=O)O.CC(=O)SCCCC(=O)ON1C(=O)CCC1=O. The van der Waals surface area contributed by atoms with Gasteiger partial charge in [-0.05, 0) is 12.8 Å². The summed E-state index contributed by atoms with van der Waals surface area (Å²) in [4.78, 5) is 69.0. The molecule has 1 N–H and O–H groups in total. The molecular formula is C16H23NO8S2. The lowest BCUT2D eigenvalue weighted by Crippen LogP contribution is -2.32. The van der Waals surface area contributed by atoms with Gasteiger partial charge in [0, 0.05) is 51.0 Å². The number of nitrogens with zero attached hydrogens (tertiary/aromatic N) is 1. The lowest BCUT2D eigenvalue weighted by Gasteiger charge is -2.12. The highest BCUT2D eigenvalue weighted by Gasteiger charge is 2.32. The molecule has 0 unspecified atom stereocenters. The van der Waals surface area contributed by atoms with E-state index in [0.717, 1.165) is 11.8 Å². The van der Waals surface area contributed by atoms with E-state index in [-0.39, 0.29) is 35.9 Å². The Hall–Kier alpha value is -1.88. The van der Waals surface area contributed by atoms with Crippen molar-refractivity contribution in [1.29, 1.82) is 0 Å². The molecule has 1 heterocycles. The average Bonchev–Trinajstić information content (AvgIpc) is 2.88. The number of carbonyl (C=O) groups excluding carboxylic acids is 5. The van der Waals surface area contributed by atoms with Crippen molar-refractivity contribution < 1.29 is 38.7 Å². The van der Waals surface area contributed by atoms with Crippen LogP contribution in [0.5, 0.6) is 0 Å². The van der Waals surface area contributed by atoms with Gasteiger partial charge in [-0.1, -0.05) is 23.5 Å². The van der Waals surface area contributed by atoms with Crippen molar-refractivity contribution in [3.63, 3.8) is 0 Å². The van der Waals surface area contributed by atoms with E-state index in [1.54, 1.807) is 0 Å². The van der Waals surface area contributed by atoms with Crippen molar-refractivity contribution in [1.82, 2.24) is 5.06 Å². The van der Waals surface area contributed by atoms with Gasteiger partial charge in [0.05, 0.1) is 0 Å². The van der Waals surface area contributed by atoms with Gasteiger partial charge in [-0.25, -0.2) is 4.79 Å². The van der Waals surface area contributed by atoms with Gasteiger partial charge in [0.2, 0.25) is 0 Å². The van der Waals surface area contributed by atoms with E-state index >= 15 is 0 Å². The van der Waals surface area contributed by atoms with Crippen LogP contribution >= 0.6 is 23.5 Å². The van der Waals surface area contributed by atoms with Crippen LogP contribution in [-0.2, 0) is 33.6 Å². The summed E-state index contributed by atoms with van der Waals surface area (Å²) in [5.41, 5.74) is 0. The number of hydrogen-bond acceptors (Lipinski definition) is 9. The van der Waals surface area contributed by atoms with Crippen molar-refractivity contribution in [2.45, 2.75) is 52.4 Å². The Balaban J connectivity index is 0.000000580. The third-order valence-corrected chi connectivity index (χ3v) is 4.67. The Bertz CT molecular complexity index is 547. The van der Waals surface area contributed by atoms with Crippen LogP contribution < -0.4 is 0 Å². The largest absolute Gasteiger partial charge is 0.481 e. The van der Waals surface area contributed by atoms with Crippen LogP contribution in [0.25, 0.3) is 0 Å². The lowest BCUT2D eigenvalue weighted by atomic mass is 10.3. The molecule has 152 valence electrons. The van der Waals surface area contributed by atoms with E-state index < -0.39 is 23.8 Å². The molecule has 11 heteroatoms. The van der Waals surface area contributed by atoms with Crippen LogP contribution in [0.15, 0.2) is 0 Å². The molecule has 1 fully saturated rings. The van der Waals surface area contributed by atoms with Crippen molar-refractivity contribution in [2.24, 2.45) is 0 Å². The fourth-order valence-corrected chi connectivity index (χ4v) is 2.83. The summed E-state index contributed by atoms with van der Waals surface area (Å²) in [6, 6.07) is 0. The molecule has 0 aromatic heterocycles. The summed E-state index contributed by atoms with van der Waals surface area (Å²) in [7, 11) is 0. The van der Waals surface area contributed by atoms with Gasteiger partial charge in [0.15, 0.2) is 10.2 Å². The first-order valence-electron chi connectivity index (χ1n) is 8.18. The highest BCUT2D eigenvalue weighted by Crippen LogP contribution is 2.13. The summed E-state index contributed by atoms with van der Waals surface area (Å²) < 4.78 is 0. The Morgan fingerprint density at radius 1 is 0.926 bits per heavy atom. The molecule has 0 bridgehead atoms. The van der Waals surface area contributed by atoms with Crippen molar-refractivity contribution in [3.8, 4) is 0 Å². The number of hydrogen-bond donors (Lipinski definition) is 1. The second-order valence-electron chi connectivity index (χ2n) is 5.33. The summed E-state index contributed by atoms with van der Waals surface area (Å²) >= 11 is 2.29. The molecule has 9 nitrogen and oxygen atoms in total. The molecular weight excluding hydrogens is 398 g/mol. The summed E-state index contributed by atoms with van der Waals surface area (Å²) in [5, 5.41) is 8.75. The van der Waals surface area contributed by atoms with Crippen LogP contribution in [0, 0.1) is 0 Å². The Morgan fingerprint density at radius 3 is 1.78 bits per heavy atom. The monoisotopic (exact) mass is 421 g/mol. The minimum Gasteiger partial charge on any atom is -0.481 e. The van der Waals surface area contributed by atoms with E-state index in [4.69, 9.17) is 5.11 Å². The average molecular weight is 421 g/mol. The number of aliphatic carboxylic acids is 1. The molecule has 0 aromatic rings. The first-order valence-corrected chi connectivity index (χ1v) is 10.2. The van der Waals surface area contributed by atoms with Crippen LogP contribution in [0.3, 0.4) is 0 Å². The maximum atomic E-state index is 11.3. The molecule has 0 atom stereocenters. The van der Waals surface area contributed by atoms with Crippen molar-refractivity contribution in [3.05, 3.63) is 0 Å². The van der Waals surface area contributed by atoms with Gasteiger partial charge in [0.1, 0.15) is 0 Å². The number of rotatable bonds is 9. The number of imide groups is 1. The van der Waals surface area contributed by atoms with E-state index in [1.807, 2.05) is 0 Å². The molecule has 1 aliphatic heterocycles. The third-order valence-electron chi connectivity index (χ3n) is 2.87. The second-order valence-corrected chi connectivity index (χ2v) is 7.87. The smallest absolute Gasteiger partial charge is 0.333 e. The number of hydroxylamine groups is 2. The highest BCUT2D eigenvalue weighted by atomic mass is 32.2. The molecule has 1 saturated heterocycles. The standard InChI is InChI=1S/C10H13NO5S.C6H10O3S/c1-7(12)17-6-2-3-10(15)16-11-8(13)4-5-9(11)14;1-5(7)10-4-2-3-6(8)9/h2-6H2,1H3;2-4H2,1H3,(H,8,9). The van der Waals surface area contributed by atoms with Gasteiger partial charge in [-0.3, -0.25) is 24.0 Å². The van der Waals surface area contributed by atoms with E-state index in [9.17, 15) is 28.8 Å². The molecule has 0 aromatic carbocycles. The van der Waals surface area contributed by atoms with Crippen LogP contribution in [0.1, 0.15) is 52.4 Å². The lowest BCUT2D eigenvalue weighted by molar-refractivity contribution is -0.197. The van der Waals surface area contributed by atoms with E-state index in [0.29, 0.717) is 29.4 Å². The van der Waals surface area contributed by atoms with E-state index in [2.05, 4.69) is 4.84 Å². The normalized spacial score (nSPS) is 13.0. The minimum atomic E-state index is -0.802. The topological polar surface area (TPSA) is 135 Å². The van der Waals surface area contributed by atoms with Crippen molar-refractivity contribution in [2.75, 3.05) is 11.5 Å². The predicted molar refractivity (Wildman–Crippen MR) is 99.6 cm³/mol. The van der Waals surface area contributed by atoms with Crippen LogP contribution in [0.2, 0.25) is 0 Å². The molecule has 1 aliphatic rings. The highest BCUT2D eigenvalue weighted by molar-refractivity contribution is 8.13. The van der Waals surface area contributed by atoms with Gasteiger partial charge in [0.25, 0.3) is 11.8 Å². The van der Waals surface area contributed by atoms with E-state index in [1.165, 1.54) is 25.6 Å². The Morgan fingerprint density at radius 2 is 1.37 bits per heavy atom. The van der Waals surface area contributed by atoms with Crippen LogP contribution in [0.4, 0.5) is 0 Å². The maximum absolute atomic E-state index is 11.3. The Labute approximate surface area is 165 Å². The first-order chi connectivity index (χ1) is 12.6. The molecule has 1 rings (SSSR count). The third kappa shape index (κ3) is 13.9. The Kier molecular flexibility index (Phi) is 13.2. The maximum Gasteiger partial charge on any atom is 0.333 e. The number of thioether (sulfide) groups is 2. The van der Waals surface area contributed by atoms with Crippen molar-refractivity contribution >= 4 is 57.5 Å². The molecule has 0 spiro atoms. The zero-order chi connectivity index (χ0) is 20.8. The van der Waals surface area contributed by atoms with Crippen LogP contribution in [-0.4, -0.2) is 55.7 Å². The fraction of sp³-hybridized carbons (Fsp3) is 0.625.